The highest BCUT2D eigenvalue weighted by atomic mass is 16.5. The molecule has 0 amide bonds. The summed E-state index contributed by atoms with van der Waals surface area (Å²) in [7, 11) is 0. The van der Waals surface area contributed by atoms with Gasteiger partial charge in [-0.3, -0.25) is 0 Å². The van der Waals surface area contributed by atoms with Gasteiger partial charge in [0.1, 0.15) is 11.9 Å². The molecule has 1 fully saturated rings. The molecule has 1 aliphatic heterocycles. The van der Waals surface area contributed by atoms with Gasteiger partial charge in [-0.25, -0.2) is 0 Å². The lowest BCUT2D eigenvalue weighted by Gasteiger charge is -2.25. The highest BCUT2D eigenvalue weighted by Gasteiger charge is 2.17. The first-order chi connectivity index (χ1) is 8.20. The quantitative estimate of drug-likeness (QED) is 0.874. The van der Waals surface area contributed by atoms with Crippen LogP contribution in [0.3, 0.4) is 0 Å². The topological polar surface area (TPSA) is 44.5 Å². The summed E-state index contributed by atoms with van der Waals surface area (Å²) in [5, 5.41) is 0. The van der Waals surface area contributed by atoms with Crippen LogP contribution in [0.2, 0.25) is 0 Å². The molecule has 0 aliphatic carbocycles. The van der Waals surface area contributed by atoms with Crippen molar-refractivity contribution >= 4 is 0 Å². The Labute approximate surface area is 103 Å². The summed E-state index contributed by atoms with van der Waals surface area (Å²) < 4.78 is 11.4. The summed E-state index contributed by atoms with van der Waals surface area (Å²) in [5.41, 5.74) is 9.19. The third kappa shape index (κ3) is 2.99. The van der Waals surface area contributed by atoms with Gasteiger partial charge in [0.2, 0.25) is 0 Å². The molecule has 0 bridgehead atoms. The van der Waals surface area contributed by atoms with Crippen LogP contribution in [-0.2, 0) is 11.3 Å². The predicted molar refractivity (Wildman–Crippen MR) is 68.3 cm³/mol. The van der Waals surface area contributed by atoms with Gasteiger partial charge in [-0.1, -0.05) is 12.1 Å². The van der Waals surface area contributed by atoms with Gasteiger partial charge >= 0.3 is 0 Å². The van der Waals surface area contributed by atoms with Crippen molar-refractivity contribution in [3.05, 3.63) is 28.8 Å². The monoisotopic (exact) mass is 235 g/mol. The molecule has 1 aromatic rings. The van der Waals surface area contributed by atoms with Crippen LogP contribution >= 0.6 is 0 Å². The van der Waals surface area contributed by atoms with E-state index in [-0.39, 0.29) is 0 Å². The second-order valence-electron chi connectivity index (χ2n) is 4.69. The molecule has 0 aromatic heterocycles. The molecule has 0 unspecified atom stereocenters. The molecule has 3 heteroatoms. The van der Waals surface area contributed by atoms with Crippen molar-refractivity contribution in [1.82, 2.24) is 0 Å². The van der Waals surface area contributed by atoms with Crippen molar-refractivity contribution in [2.45, 2.75) is 39.3 Å². The van der Waals surface area contributed by atoms with Gasteiger partial charge in [-0.15, -0.1) is 0 Å². The first-order valence-electron chi connectivity index (χ1n) is 6.25. The maximum Gasteiger partial charge on any atom is 0.125 e. The van der Waals surface area contributed by atoms with Crippen molar-refractivity contribution in [3.63, 3.8) is 0 Å². The van der Waals surface area contributed by atoms with Crippen LogP contribution in [0, 0.1) is 13.8 Å². The molecular weight excluding hydrogens is 214 g/mol. The summed E-state index contributed by atoms with van der Waals surface area (Å²) in [6.45, 7) is 6.37. The number of rotatable bonds is 3. The van der Waals surface area contributed by atoms with E-state index in [1.165, 1.54) is 16.7 Å². The molecule has 1 heterocycles. The van der Waals surface area contributed by atoms with Crippen LogP contribution in [0.25, 0.3) is 0 Å². The molecule has 1 aromatic carbocycles. The molecule has 0 saturated carbocycles. The van der Waals surface area contributed by atoms with E-state index in [0.29, 0.717) is 12.6 Å². The van der Waals surface area contributed by atoms with Gasteiger partial charge in [0, 0.05) is 19.4 Å². The molecule has 2 rings (SSSR count). The Morgan fingerprint density at radius 1 is 1.24 bits per heavy atom. The maximum absolute atomic E-state index is 6.10. The fourth-order valence-corrected chi connectivity index (χ4v) is 2.30. The standard InChI is InChI=1S/C14H21NO2/c1-10-7-12(9-15)8-11(2)14(10)17-13-3-5-16-6-4-13/h7-8,13H,3-6,9,15H2,1-2H3. The molecule has 2 N–H and O–H groups in total. The van der Waals surface area contributed by atoms with E-state index in [4.69, 9.17) is 15.2 Å². The lowest BCUT2D eigenvalue weighted by atomic mass is 10.0. The van der Waals surface area contributed by atoms with Crippen LogP contribution in [0.4, 0.5) is 0 Å². The number of hydrogen-bond acceptors (Lipinski definition) is 3. The van der Waals surface area contributed by atoms with E-state index in [2.05, 4.69) is 26.0 Å². The minimum Gasteiger partial charge on any atom is -0.490 e. The zero-order chi connectivity index (χ0) is 12.3. The van der Waals surface area contributed by atoms with Crippen LogP contribution in [0.1, 0.15) is 29.5 Å². The summed E-state index contributed by atoms with van der Waals surface area (Å²) in [6.07, 6.45) is 2.26. The summed E-state index contributed by atoms with van der Waals surface area (Å²) >= 11 is 0. The fraction of sp³-hybridized carbons (Fsp3) is 0.571. The van der Waals surface area contributed by atoms with Crippen molar-refractivity contribution in [2.24, 2.45) is 5.73 Å². The second-order valence-corrected chi connectivity index (χ2v) is 4.69. The minimum absolute atomic E-state index is 0.296. The number of hydrogen-bond donors (Lipinski definition) is 1. The second kappa shape index (κ2) is 5.52. The normalized spacial score (nSPS) is 17.1. The zero-order valence-corrected chi connectivity index (χ0v) is 10.7. The van der Waals surface area contributed by atoms with Gasteiger partial charge in [0.15, 0.2) is 0 Å². The fourth-order valence-electron chi connectivity index (χ4n) is 2.30. The van der Waals surface area contributed by atoms with E-state index in [1.807, 2.05) is 0 Å². The highest BCUT2D eigenvalue weighted by Crippen LogP contribution is 2.27. The van der Waals surface area contributed by atoms with Crippen molar-refractivity contribution in [1.29, 1.82) is 0 Å². The summed E-state index contributed by atoms with van der Waals surface area (Å²) in [6, 6.07) is 4.23. The van der Waals surface area contributed by atoms with Crippen LogP contribution in [0.5, 0.6) is 5.75 Å². The smallest absolute Gasteiger partial charge is 0.125 e. The summed E-state index contributed by atoms with van der Waals surface area (Å²) in [4.78, 5) is 0. The highest BCUT2D eigenvalue weighted by molar-refractivity contribution is 5.43. The molecular formula is C14H21NO2. The Morgan fingerprint density at radius 3 is 2.35 bits per heavy atom. The summed E-state index contributed by atoms with van der Waals surface area (Å²) in [5.74, 6) is 1.02. The Balaban J connectivity index is 2.14. The molecule has 0 spiro atoms. The minimum atomic E-state index is 0.296. The number of benzene rings is 1. The number of ether oxygens (including phenoxy) is 2. The lowest BCUT2D eigenvalue weighted by molar-refractivity contribution is 0.0250. The molecule has 94 valence electrons. The third-order valence-corrected chi connectivity index (χ3v) is 3.21. The average Bonchev–Trinajstić information content (AvgIpc) is 2.35. The van der Waals surface area contributed by atoms with Crippen molar-refractivity contribution < 1.29 is 9.47 Å². The van der Waals surface area contributed by atoms with Crippen LogP contribution in [-0.4, -0.2) is 19.3 Å². The first kappa shape index (κ1) is 12.4. The SMILES string of the molecule is Cc1cc(CN)cc(C)c1OC1CCOCC1. The third-order valence-electron chi connectivity index (χ3n) is 3.21. The van der Waals surface area contributed by atoms with Crippen molar-refractivity contribution in [3.8, 4) is 5.75 Å². The Hall–Kier alpha value is -1.06. The number of nitrogens with two attached hydrogens (primary N) is 1. The van der Waals surface area contributed by atoms with Gasteiger partial charge in [-0.05, 0) is 30.5 Å². The Kier molecular flexibility index (Phi) is 4.02. The van der Waals surface area contributed by atoms with Crippen molar-refractivity contribution in [2.75, 3.05) is 13.2 Å². The molecule has 0 atom stereocenters. The number of aryl methyl sites for hydroxylation is 2. The van der Waals surface area contributed by atoms with E-state index < -0.39 is 0 Å². The molecule has 1 aliphatic rings. The Bertz CT molecular complexity index is 361. The van der Waals surface area contributed by atoms with Gasteiger partial charge in [0.25, 0.3) is 0 Å². The van der Waals surface area contributed by atoms with E-state index >= 15 is 0 Å². The van der Waals surface area contributed by atoms with Gasteiger partial charge in [-0.2, -0.15) is 0 Å². The van der Waals surface area contributed by atoms with Gasteiger partial charge in [0.05, 0.1) is 13.2 Å². The predicted octanol–water partition coefficient (Wildman–Crippen LogP) is 2.32. The van der Waals surface area contributed by atoms with E-state index in [0.717, 1.165) is 31.8 Å². The lowest BCUT2D eigenvalue weighted by Crippen LogP contribution is -2.26. The zero-order valence-electron chi connectivity index (χ0n) is 10.7. The van der Waals surface area contributed by atoms with E-state index in [1.54, 1.807) is 0 Å². The average molecular weight is 235 g/mol. The first-order valence-corrected chi connectivity index (χ1v) is 6.25. The maximum atomic E-state index is 6.10. The Morgan fingerprint density at radius 2 is 1.82 bits per heavy atom. The largest absolute Gasteiger partial charge is 0.490 e. The van der Waals surface area contributed by atoms with Gasteiger partial charge < -0.3 is 15.2 Å². The molecule has 17 heavy (non-hydrogen) atoms. The molecule has 1 saturated heterocycles. The van der Waals surface area contributed by atoms with E-state index in [9.17, 15) is 0 Å². The molecule has 3 nitrogen and oxygen atoms in total. The van der Waals surface area contributed by atoms with Crippen LogP contribution in [0.15, 0.2) is 12.1 Å². The van der Waals surface area contributed by atoms with Crippen LogP contribution < -0.4 is 10.5 Å². The molecule has 0 radical (unpaired) electrons.